The summed E-state index contributed by atoms with van der Waals surface area (Å²) in [7, 11) is 3.59. The molecule has 1 heterocycles. The van der Waals surface area contributed by atoms with Gasteiger partial charge in [-0.1, -0.05) is 0 Å². The highest BCUT2D eigenvalue weighted by Gasteiger charge is 2.28. The average Bonchev–Trinajstić information content (AvgIpc) is 3.42. The number of morpholine rings is 1. The molecule has 2 fully saturated rings. The standard InChI is InChI=1S/C16H33N5O2/c1-17-16(18-5-7-20-9-13-23-14-10-20)19-6-8-21(11-12-22-2)15-3-4-15/h15H,3-14H2,1-2H3,(H2,17,18,19). The van der Waals surface area contributed by atoms with E-state index in [2.05, 4.69) is 25.4 Å². The van der Waals surface area contributed by atoms with Gasteiger partial charge in [0.25, 0.3) is 0 Å². The minimum absolute atomic E-state index is 0.767. The van der Waals surface area contributed by atoms with E-state index in [1.807, 2.05) is 7.05 Å². The van der Waals surface area contributed by atoms with Crippen LogP contribution in [0.15, 0.2) is 4.99 Å². The monoisotopic (exact) mass is 327 g/mol. The normalized spacial score (nSPS) is 20.0. The van der Waals surface area contributed by atoms with E-state index in [1.165, 1.54) is 12.8 Å². The third-order valence-electron chi connectivity index (χ3n) is 4.39. The van der Waals surface area contributed by atoms with Gasteiger partial charge in [-0.25, -0.2) is 0 Å². The van der Waals surface area contributed by atoms with Crippen LogP contribution in [0.25, 0.3) is 0 Å². The van der Waals surface area contributed by atoms with Crippen molar-refractivity contribution in [1.82, 2.24) is 20.4 Å². The summed E-state index contributed by atoms with van der Waals surface area (Å²) < 4.78 is 10.6. The van der Waals surface area contributed by atoms with Gasteiger partial charge in [-0.2, -0.15) is 0 Å². The lowest BCUT2D eigenvalue weighted by molar-refractivity contribution is 0.0389. The van der Waals surface area contributed by atoms with Crippen LogP contribution in [-0.4, -0.2) is 102 Å². The van der Waals surface area contributed by atoms with Crippen molar-refractivity contribution in [2.45, 2.75) is 18.9 Å². The largest absolute Gasteiger partial charge is 0.383 e. The Labute approximate surface area is 140 Å². The molecule has 0 radical (unpaired) electrons. The first-order chi connectivity index (χ1) is 11.3. The number of ether oxygens (including phenoxy) is 2. The fourth-order valence-corrected chi connectivity index (χ4v) is 2.82. The van der Waals surface area contributed by atoms with Crippen LogP contribution in [0.4, 0.5) is 0 Å². The quantitative estimate of drug-likeness (QED) is 0.420. The fourth-order valence-electron chi connectivity index (χ4n) is 2.82. The van der Waals surface area contributed by atoms with Gasteiger partial charge in [0.05, 0.1) is 19.8 Å². The van der Waals surface area contributed by atoms with Gasteiger partial charge in [0.2, 0.25) is 0 Å². The Morgan fingerprint density at radius 3 is 2.61 bits per heavy atom. The van der Waals surface area contributed by atoms with Gasteiger partial charge >= 0.3 is 0 Å². The summed E-state index contributed by atoms with van der Waals surface area (Å²) in [5, 5.41) is 6.80. The molecule has 0 unspecified atom stereocenters. The molecule has 1 saturated heterocycles. The van der Waals surface area contributed by atoms with Crippen molar-refractivity contribution in [1.29, 1.82) is 0 Å². The molecule has 0 spiro atoms. The molecule has 2 N–H and O–H groups in total. The second-order valence-corrected chi connectivity index (χ2v) is 6.14. The average molecular weight is 327 g/mol. The van der Waals surface area contributed by atoms with E-state index >= 15 is 0 Å². The highest BCUT2D eigenvalue weighted by Crippen LogP contribution is 2.25. The van der Waals surface area contributed by atoms with Crippen molar-refractivity contribution in [3.8, 4) is 0 Å². The van der Waals surface area contributed by atoms with Crippen LogP contribution in [0, 0.1) is 0 Å². The Bertz CT molecular complexity index is 343. The fraction of sp³-hybridized carbons (Fsp3) is 0.938. The Hall–Kier alpha value is -0.890. The van der Waals surface area contributed by atoms with Crippen molar-refractivity contribution in [3.05, 3.63) is 0 Å². The number of methoxy groups -OCH3 is 1. The van der Waals surface area contributed by atoms with E-state index in [9.17, 15) is 0 Å². The van der Waals surface area contributed by atoms with Gasteiger partial charge in [0, 0.05) is 66.0 Å². The van der Waals surface area contributed by atoms with Crippen LogP contribution in [0.3, 0.4) is 0 Å². The van der Waals surface area contributed by atoms with E-state index in [1.54, 1.807) is 7.11 Å². The van der Waals surface area contributed by atoms with Crippen molar-refractivity contribution in [2.24, 2.45) is 4.99 Å². The minimum atomic E-state index is 0.767. The third kappa shape index (κ3) is 7.48. The zero-order valence-electron chi connectivity index (χ0n) is 14.7. The summed E-state index contributed by atoms with van der Waals surface area (Å²) in [6.07, 6.45) is 2.66. The number of hydrogen-bond donors (Lipinski definition) is 2. The van der Waals surface area contributed by atoms with Gasteiger partial charge in [0.1, 0.15) is 0 Å². The highest BCUT2D eigenvalue weighted by atomic mass is 16.5. The van der Waals surface area contributed by atoms with Crippen LogP contribution < -0.4 is 10.6 Å². The maximum Gasteiger partial charge on any atom is 0.191 e. The van der Waals surface area contributed by atoms with Gasteiger partial charge in [0.15, 0.2) is 5.96 Å². The Kier molecular flexibility index (Phi) is 8.67. The smallest absolute Gasteiger partial charge is 0.191 e. The number of hydrogen-bond acceptors (Lipinski definition) is 5. The highest BCUT2D eigenvalue weighted by molar-refractivity contribution is 5.79. The maximum absolute atomic E-state index is 5.36. The Balaban J connectivity index is 1.56. The van der Waals surface area contributed by atoms with Crippen LogP contribution in [-0.2, 0) is 9.47 Å². The molecule has 0 aromatic rings. The van der Waals surface area contributed by atoms with Crippen LogP contribution in [0.2, 0.25) is 0 Å². The molecule has 2 aliphatic rings. The molecular formula is C16H33N5O2. The molecule has 2 rings (SSSR count). The molecule has 23 heavy (non-hydrogen) atoms. The molecule has 0 aromatic carbocycles. The van der Waals surface area contributed by atoms with E-state index < -0.39 is 0 Å². The predicted octanol–water partition coefficient (Wildman–Crippen LogP) is -0.406. The summed E-state index contributed by atoms with van der Waals surface area (Å²) in [5.41, 5.74) is 0. The molecule has 0 amide bonds. The van der Waals surface area contributed by atoms with E-state index in [-0.39, 0.29) is 0 Å². The van der Waals surface area contributed by atoms with Crippen molar-refractivity contribution in [2.75, 3.05) is 79.8 Å². The van der Waals surface area contributed by atoms with Crippen LogP contribution in [0.1, 0.15) is 12.8 Å². The molecule has 0 aromatic heterocycles. The van der Waals surface area contributed by atoms with Crippen LogP contribution in [0.5, 0.6) is 0 Å². The SMILES string of the molecule is CN=C(NCCN1CCOCC1)NCCN(CCOC)C1CC1. The van der Waals surface area contributed by atoms with E-state index in [4.69, 9.17) is 9.47 Å². The number of nitrogens with zero attached hydrogens (tertiary/aromatic N) is 3. The number of rotatable bonds is 10. The van der Waals surface area contributed by atoms with E-state index in [0.29, 0.717) is 0 Å². The molecular weight excluding hydrogens is 294 g/mol. The Morgan fingerprint density at radius 2 is 1.96 bits per heavy atom. The van der Waals surface area contributed by atoms with Gasteiger partial charge < -0.3 is 20.1 Å². The summed E-state index contributed by atoms with van der Waals surface area (Å²) in [5.74, 6) is 0.890. The second-order valence-electron chi connectivity index (χ2n) is 6.14. The first-order valence-electron chi connectivity index (χ1n) is 8.81. The third-order valence-corrected chi connectivity index (χ3v) is 4.39. The summed E-state index contributed by atoms with van der Waals surface area (Å²) in [6.45, 7) is 9.50. The lowest BCUT2D eigenvalue weighted by Gasteiger charge is -2.27. The number of nitrogens with one attached hydrogen (secondary N) is 2. The topological polar surface area (TPSA) is 61.4 Å². The van der Waals surface area contributed by atoms with Crippen LogP contribution >= 0.6 is 0 Å². The van der Waals surface area contributed by atoms with Gasteiger partial charge in [-0.15, -0.1) is 0 Å². The summed E-state index contributed by atoms with van der Waals surface area (Å²) in [4.78, 5) is 9.23. The van der Waals surface area contributed by atoms with E-state index in [0.717, 1.165) is 77.6 Å². The molecule has 7 heteroatoms. The van der Waals surface area contributed by atoms with Crippen molar-refractivity contribution in [3.63, 3.8) is 0 Å². The van der Waals surface area contributed by atoms with Gasteiger partial charge in [-0.05, 0) is 12.8 Å². The maximum atomic E-state index is 5.36. The molecule has 1 aliphatic carbocycles. The lowest BCUT2D eigenvalue weighted by Crippen LogP contribution is -2.46. The number of guanidine groups is 1. The lowest BCUT2D eigenvalue weighted by atomic mass is 10.4. The molecule has 1 saturated carbocycles. The van der Waals surface area contributed by atoms with Crippen molar-refractivity contribution >= 4 is 5.96 Å². The number of aliphatic imine (C=N–C) groups is 1. The molecule has 7 nitrogen and oxygen atoms in total. The molecule has 0 bridgehead atoms. The predicted molar refractivity (Wildman–Crippen MR) is 93.1 cm³/mol. The molecule has 134 valence electrons. The zero-order valence-corrected chi connectivity index (χ0v) is 14.7. The first-order valence-corrected chi connectivity index (χ1v) is 8.81. The first kappa shape index (κ1) is 18.4. The zero-order chi connectivity index (χ0) is 16.3. The summed E-state index contributed by atoms with van der Waals surface area (Å²) in [6, 6.07) is 0.767. The summed E-state index contributed by atoms with van der Waals surface area (Å²) >= 11 is 0. The second kappa shape index (κ2) is 10.8. The minimum Gasteiger partial charge on any atom is -0.383 e. The molecule has 1 aliphatic heterocycles. The molecule has 0 atom stereocenters. The van der Waals surface area contributed by atoms with Crippen molar-refractivity contribution < 1.29 is 9.47 Å². The van der Waals surface area contributed by atoms with Gasteiger partial charge in [-0.3, -0.25) is 14.8 Å². The Morgan fingerprint density at radius 1 is 1.22 bits per heavy atom.